The number of aromatic nitrogens is 3. The van der Waals surface area contributed by atoms with Gasteiger partial charge in [-0.1, -0.05) is 13.8 Å². The smallest absolute Gasteiger partial charge is 0.249 e. The SMILES string of the molecule is CC.Nc1ncnc2[nH]c(=O)ccc12. The second kappa shape index (κ2) is 4.36. The first-order valence-corrected chi connectivity index (χ1v) is 4.37. The number of nitrogens with one attached hydrogen (secondary N) is 1. The van der Waals surface area contributed by atoms with Gasteiger partial charge in [0.1, 0.15) is 17.8 Å². The summed E-state index contributed by atoms with van der Waals surface area (Å²) in [6.07, 6.45) is 1.31. The van der Waals surface area contributed by atoms with Gasteiger partial charge in [-0.15, -0.1) is 0 Å². The zero-order valence-corrected chi connectivity index (χ0v) is 8.11. The van der Waals surface area contributed by atoms with Crippen molar-refractivity contribution in [3.05, 3.63) is 28.8 Å². The van der Waals surface area contributed by atoms with Gasteiger partial charge < -0.3 is 10.7 Å². The van der Waals surface area contributed by atoms with Gasteiger partial charge in [-0.2, -0.15) is 0 Å². The zero-order valence-electron chi connectivity index (χ0n) is 8.11. The van der Waals surface area contributed by atoms with Crippen LogP contribution in [0.3, 0.4) is 0 Å². The van der Waals surface area contributed by atoms with Crippen molar-refractivity contribution in [1.29, 1.82) is 0 Å². The molecule has 2 heterocycles. The summed E-state index contributed by atoms with van der Waals surface area (Å²) >= 11 is 0. The first kappa shape index (κ1) is 10.2. The van der Waals surface area contributed by atoms with Crippen molar-refractivity contribution < 1.29 is 0 Å². The minimum Gasteiger partial charge on any atom is -0.383 e. The number of H-pyrrole nitrogens is 1. The number of fused-ring (bicyclic) bond motifs is 1. The molecule has 0 radical (unpaired) electrons. The highest BCUT2D eigenvalue weighted by atomic mass is 16.1. The van der Waals surface area contributed by atoms with Gasteiger partial charge in [-0.3, -0.25) is 4.79 Å². The number of pyridine rings is 1. The molecule has 0 atom stereocenters. The molecule has 3 N–H and O–H groups in total. The number of anilines is 1. The normalized spacial score (nSPS) is 9.29. The Balaban J connectivity index is 0.000000461. The molecular weight excluding hydrogens is 180 g/mol. The molecular formula is C9H12N4O. The van der Waals surface area contributed by atoms with Crippen LogP contribution in [0.4, 0.5) is 5.82 Å². The van der Waals surface area contributed by atoms with E-state index in [2.05, 4.69) is 15.0 Å². The summed E-state index contributed by atoms with van der Waals surface area (Å²) in [5.74, 6) is 0.372. The van der Waals surface area contributed by atoms with Gasteiger partial charge in [-0.05, 0) is 6.07 Å². The lowest BCUT2D eigenvalue weighted by molar-refractivity contribution is 1.17. The molecule has 0 bridgehead atoms. The fraction of sp³-hybridized carbons (Fsp3) is 0.222. The van der Waals surface area contributed by atoms with Crippen LogP contribution in [0.5, 0.6) is 0 Å². The summed E-state index contributed by atoms with van der Waals surface area (Å²) in [5.41, 5.74) is 5.81. The predicted octanol–water partition coefficient (Wildman–Crippen LogP) is 0.926. The third-order valence-electron chi connectivity index (χ3n) is 1.56. The second-order valence-electron chi connectivity index (χ2n) is 2.34. The van der Waals surface area contributed by atoms with Crippen molar-refractivity contribution in [3.8, 4) is 0 Å². The van der Waals surface area contributed by atoms with Crippen LogP contribution >= 0.6 is 0 Å². The van der Waals surface area contributed by atoms with Crippen molar-refractivity contribution in [1.82, 2.24) is 15.0 Å². The van der Waals surface area contributed by atoms with E-state index in [1.165, 1.54) is 12.4 Å². The van der Waals surface area contributed by atoms with Crippen LogP contribution in [0, 0.1) is 0 Å². The van der Waals surface area contributed by atoms with E-state index >= 15 is 0 Å². The minimum atomic E-state index is -0.194. The third kappa shape index (κ3) is 1.87. The van der Waals surface area contributed by atoms with Gasteiger partial charge in [0, 0.05) is 6.07 Å². The number of hydrogen-bond donors (Lipinski definition) is 2. The highest BCUT2D eigenvalue weighted by Gasteiger charge is 1.98. The Morgan fingerprint density at radius 3 is 2.71 bits per heavy atom. The molecule has 14 heavy (non-hydrogen) atoms. The average molecular weight is 192 g/mol. The van der Waals surface area contributed by atoms with Crippen LogP contribution in [0.1, 0.15) is 13.8 Å². The van der Waals surface area contributed by atoms with E-state index in [4.69, 9.17) is 5.73 Å². The standard InChI is InChI=1S/C7H6N4O.C2H6/c8-6-4-1-2-5(12)11-7(4)10-3-9-6;1-2/h1-3H,(H3,8,9,10,11,12);1-2H3. The molecule has 0 spiro atoms. The van der Waals surface area contributed by atoms with E-state index in [0.717, 1.165) is 0 Å². The first-order chi connectivity index (χ1) is 6.77. The summed E-state index contributed by atoms with van der Waals surface area (Å²) in [5, 5.41) is 0.664. The molecule has 0 saturated heterocycles. The number of nitrogen functional groups attached to an aromatic ring is 1. The Hall–Kier alpha value is -1.91. The largest absolute Gasteiger partial charge is 0.383 e. The number of nitrogens with zero attached hydrogens (tertiary/aromatic N) is 2. The molecule has 0 aliphatic rings. The quantitative estimate of drug-likeness (QED) is 0.650. The molecule has 0 saturated carbocycles. The Morgan fingerprint density at radius 2 is 2.00 bits per heavy atom. The molecule has 2 rings (SSSR count). The highest BCUT2D eigenvalue weighted by Crippen LogP contribution is 2.10. The molecule has 0 fully saturated rings. The van der Waals surface area contributed by atoms with Crippen molar-refractivity contribution in [3.63, 3.8) is 0 Å². The maximum atomic E-state index is 10.8. The van der Waals surface area contributed by atoms with E-state index in [1.807, 2.05) is 13.8 Å². The van der Waals surface area contributed by atoms with Crippen LogP contribution in [0.2, 0.25) is 0 Å². The van der Waals surface area contributed by atoms with E-state index in [0.29, 0.717) is 16.9 Å². The summed E-state index contributed by atoms with van der Waals surface area (Å²) in [6, 6.07) is 2.99. The van der Waals surface area contributed by atoms with E-state index < -0.39 is 0 Å². The van der Waals surface area contributed by atoms with Gasteiger partial charge in [0.05, 0.1) is 5.39 Å². The highest BCUT2D eigenvalue weighted by molar-refractivity contribution is 5.84. The minimum absolute atomic E-state index is 0.194. The molecule has 0 amide bonds. The Bertz CT molecular complexity index is 477. The second-order valence-corrected chi connectivity index (χ2v) is 2.34. The molecule has 2 aromatic heterocycles. The van der Waals surface area contributed by atoms with Crippen LogP contribution < -0.4 is 11.3 Å². The van der Waals surface area contributed by atoms with Crippen LogP contribution in [-0.2, 0) is 0 Å². The Morgan fingerprint density at radius 1 is 1.29 bits per heavy atom. The lowest BCUT2D eigenvalue weighted by Gasteiger charge is -1.96. The van der Waals surface area contributed by atoms with Crippen LogP contribution in [0.25, 0.3) is 11.0 Å². The van der Waals surface area contributed by atoms with Crippen LogP contribution in [0.15, 0.2) is 23.3 Å². The summed E-state index contributed by atoms with van der Waals surface area (Å²) < 4.78 is 0. The molecule has 5 nitrogen and oxygen atoms in total. The van der Waals surface area contributed by atoms with Gasteiger partial charge in [0.15, 0.2) is 0 Å². The molecule has 0 aromatic carbocycles. The fourth-order valence-electron chi connectivity index (χ4n) is 0.991. The first-order valence-electron chi connectivity index (χ1n) is 4.37. The maximum absolute atomic E-state index is 10.8. The fourth-order valence-corrected chi connectivity index (χ4v) is 0.991. The number of aromatic amines is 1. The number of hydrogen-bond acceptors (Lipinski definition) is 4. The van der Waals surface area contributed by atoms with Crippen molar-refractivity contribution in [2.45, 2.75) is 13.8 Å². The van der Waals surface area contributed by atoms with E-state index in [-0.39, 0.29) is 5.56 Å². The summed E-state index contributed by atoms with van der Waals surface area (Å²) in [7, 11) is 0. The zero-order chi connectivity index (χ0) is 10.6. The van der Waals surface area contributed by atoms with Gasteiger partial charge >= 0.3 is 0 Å². The van der Waals surface area contributed by atoms with E-state index in [9.17, 15) is 4.79 Å². The molecule has 0 aliphatic heterocycles. The lowest BCUT2D eigenvalue weighted by atomic mass is 10.3. The predicted molar refractivity (Wildman–Crippen MR) is 55.9 cm³/mol. The topological polar surface area (TPSA) is 84.7 Å². The number of nitrogens with two attached hydrogens (primary N) is 1. The average Bonchev–Trinajstić information content (AvgIpc) is 2.21. The molecule has 0 unspecified atom stereocenters. The molecule has 5 heteroatoms. The molecule has 2 aromatic rings. The van der Waals surface area contributed by atoms with Gasteiger partial charge in [-0.25, -0.2) is 9.97 Å². The van der Waals surface area contributed by atoms with Crippen molar-refractivity contribution in [2.75, 3.05) is 5.73 Å². The Labute approximate surface area is 81.0 Å². The van der Waals surface area contributed by atoms with Gasteiger partial charge in [0.2, 0.25) is 5.56 Å². The maximum Gasteiger partial charge on any atom is 0.249 e. The monoisotopic (exact) mass is 192 g/mol. The van der Waals surface area contributed by atoms with Crippen LogP contribution in [-0.4, -0.2) is 15.0 Å². The van der Waals surface area contributed by atoms with Crippen molar-refractivity contribution in [2.24, 2.45) is 0 Å². The van der Waals surface area contributed by atoms with Crippen molar-refractivity contribution >= 4 is 16.9 Å². The van der Waals surface area contributed by atoms with Gasteiger partial charge in [0.25, 0.3) is 0 Å². The third-order valence-corrected chi connectivity index (χ3v) is 1.56. The van der Waals surface area contributed by atoms with E-state index in [1.54, 1.807) is 6.07 Å². The molecule has 74 valence electrons. The summed E-state index contributed by atoms with van der Waals surface area (Å²) in [6.45, 7) is 4.00. The lowest BCUT2D eigenvalue weighted by Crippen LogP contribution is -2.05. The number of rotatable bonds is 0. The summed E-state index contributed by atoms with van der Waals surface area (Å²) in [4.78, 5) is 21.0. The Kier molecular flexibility index (Phi) is 3.17. The molecule has 0 aliphatic carbocycles.